The molecule has 1 aromatic carbocycles. The average molecular weight is 348 g/mol. The second-order valence-electron chi connectivity index (χ2n) is 4.65. The van der Waals surface area contributed by atoms with E-state index < -0.39 is 11.9 Å². The lowest BCUT2D eigenvalue weighted by atomic mass is 10.1. The van der Waals surface area contributed by atoms with E-state index in [-0.39, 0.29) is 5.76 Å². The molecule has 5 nitrogen and oxygen atoms in total. The number of carbonyl (C=O) groups excluding carboxylic acids is 1. The number of halogens is 1. The van der Waals surface area contributed by atoms with Crippen LogP contribution in [0.15, 0.2) is 45.3 Å². The van der Waals surface area contributed by atoms with Gasteiger partial charge in [-0.05, 0) is 36.9 Å². The molecule has 21 heavy (non-hydrogen) atoms. The third-order valence-electron chi connectivity index (χ3n) is 3.05. The Morgan fingerprint density at radius 2 is 2.24 bits per heavy atom. The van der Waals surface area contributed by atoms with Crippen LogP contribution in [0.5, 0.6) is 0 Å². The van der Waals surface area contributed by atoms with Crippen molar-refractivity contribution in [1.29, 1.82) is 5.26 Å². The zero-order valence-corrected chi connectivity index (χ0v) is 13.0. The SMILES string of the molecule is CN(Cc1ccc(C#N)o1)[C@@H](C(N)=O)c1cccc(Br)c1. The Labute approximate surface area is 131 Å². The molecular weight excluding hydrogens is 334 g/mol. The molecule has 0 saturated heterocycles. The fourth-order valence-electron chi connectivity index (χ4n) is 2.17. The van der Waals surface area contributed by atoms with E-state index in [1.807, 2.05) is 30.3 Å². The molecule has 0 saturated carbocycles. The van der Waals surface area contributed by atoms with Crippen molar-refractivity contribution in [3.05, 3.63) is 58.0 Å². The molecule has 0 bridgehead atoms. The maximum absolute atomic E-state index is 11.8. The van der Waals surface area contributed by atoms with E-state index in [0.717, 1.165) is 10.0 Å². The van der Waals surface area contributed by atoms with Crippen LogP contribution in [0.1, 0.15) is 23.1 Å². The minimum absolute atomic E-state index is 0.247. The zero-order chi connectivity index (χ0) is 15.4. The molecule has 0 radical (unpaired) electrons. The third-order valence-corrected chi connectivity index (χ3v) is 3.55. The standard InChI is InChI=1S/C15H14BrN3O2/c1-19(9-13-6-5-12(8-17)21-13)14(15(18)20)10-3-2-4-11(16)7-10/h2-7,14H,9H2,1H3,(H2,18,20)/t14-/m1/s1. The predicted molar refractivity (Wildman–Crippen MR) is 81.0 cm³/mol. The normalized spacial score (nSPS) is 12.1. The third kappa shape index (κ3) is 3.72. The lowest BCUT2D eigenvalue weighted by Gasteiger charge is -2.25. The van der Waals surface area contributed by atoms with Gasteiger partial charge in [-0.1, -0.05) is 28.1 Å². The minimum Gasteiger partial charge on any atom is -0.449 e. The first-order valence-electron chi connectivity index (χ1n) is 6.25. The molecule has 2 rings (SSSR count). The molecule has 1 amide bonds. The summed E-state index contributed by atoms with van der Waals surface area (Å²) in [5, 5.41) is 8.75. The number of carbonyl (C=O) groups is 1. The molecule has 0 spiro atoms. The molecule has 0 unspecified atom stereocenters. The van der Waals surface area contributed by atoms with Gasteiger partial charge in [0, 0.05) is 4.47 Å². The summed E-state index contributed by atoms with van der Waals surface area (Å²) in [6.45, 7) is 0.377. The first-order valence-corrected chi connectivity index (χ1v) is 7.04. The smallest absolute Gasteiger partial charge is 0.239 e. The molecule has 0 aliphatic carbocycles. The molecule has 1 atom stereocenters. The Morgan fingerprint density at radius 3 is 2.81 bits per heavy atom. The van der Waals surface area contributed by atoms with Crippen molar-refractivity contribution < 1.29 is 9.21 Å². The molecule has 6 heteroatoms. The van der Waals surface area contributed by atoms with Crippen molar-refractivity contribution in [3.8, 4) is 6.07 Å². The minimum atomic E-state index is -0.571. The van der Waals surface area contributed by atoms with Crippen molar-refractivity contribution in [3.63, 3.8) is 0 Å². The number of likely N-dealkylation sites (N-methyl/N-ethyl adjacent to an activating group) is 1. The van der Waals surface area contributed by atoms with Crippen LogP contribution < -0.4 is 5.73 Å². The number of nitriles is 1. The fraction of sp³-hybridized carbons (Fsp3) is 0.200. The Morgan fingerprint density at radius 1 is 1.48 bits per heavy atom. The van der Waals surface area contributed by atoms with E-state index in [9.17, 15) is 4.79 Å². The summed E-state index contributed by atoms with van der Waals surface area (Å²) in [7, 11) is 1.78. The molecule has 1 aromatic heterocycles. The molecular formula is C15H14BrN3O2. The highest BCUT2D eigenvalue weighted by atomic mass is 79.9. The fourth-order valence-corrected chi connectivity index (χ4v) is 2.59. The van der Waals surface area contributed by atoms with Gasteiger partial charge in [0.2, 0.25) is 11.7 Å². The predicted octanol–water partition coefficient (Wildman–Crippen LogP) is 2.57. The van der Waals surface area contributed by atoms with Crippen LogP contribution in [0.25, 0.3) is 0 Å². The van der Waals surface area contributed by atoms with Gasteiger partial charge in [-0.25, -0.2) is 0 Å². The first kappa shape index (κ1) is 15.3. The number of amides is 1. The number of nitrogens with zero attached hydrogens (tertiary/aromatic N) is 2. The van der Waals surface area contributed by atoms with Crippen LogP contribution >= 0.6 is 15.9 Å². The van der Waals surface area contributed by atoms with E-state index in [2.05, 4.69) is 15.9 Å². The zero-order valence-electron chi connectivity index (χ0n) is 11.4. The van der Waals surface area contributed by atoms with Gasteiger partial charge >= 0.3 is 0 Å². The van der Waals surface area contributed by atoms with Gasteiger partial charge in [-0.15, -0.1) is 0 Å². The van der Waals surface area contributed by atoms with Crippen molar-refractivity contribution in [2.75, 3.05) is 7.05 Å². The van der Waals surface area contributed by atoms with E-state index in [1.165, 1.54) is 0 Å². The number of nitrogens with two attached hydrogens (primary N) is 1. The van der Waals surface area contributed by atoms with E-state index in [0.29, 0.717) is 12.3 Å². The van der Waals surface area contributed by atoms with Crippen molar-refractivity contribution in [2.45, 2.75) is 12.6 Å². The molecule has 0 aliphatic heterocycles. The van der Waals surface area contributed by atoms with Crippen LogP contribution in [0.4, 0.5) is 0 Å². The molecule has 1 heterocycles. The molecule has 2 N–H and O–H groups in total. The summed E-state index contributed by atoms with van der Waals surface area (Å²) < 4.78 is 6.21. The van der Waals surface area contributed by atoms with E-state index in [4.69, 9.17) is 15.4 Å². The Balaban J connectivity index is 2.22. The molecule has 0 fully saturated rings. The van der Waals surface area contributed by atoms with Crippen molar-refractivity contribution in [1.82, 2.24) is 4.90 Å². The summed E-state index contributed by atoms with van der Waals surface area (Å²) in [5.74, 6) is 0.412. The van der Waals surface area contributed by atoms with Crippen LogP contribution in [-0.2, 0) is 11.3 Å². The molecule has 108 valence electrons. The monoisotopic (exact) mass is 347 g/mol. The Hall–Kier alpha value is -2.10. The molecule has 0 aliphatic rings. The Kier molecular flexibility index (Phi) is 4.78. The summed E-state index contributed by atoms with van der Waals surface area (Å²) in [6.07, 6.45) is 0. The van der Waals surface area contributed by atoms with E-state index >= 15 is 0 Å². The summed E-state index contributed by atoms with van der Waals surface area (Å²) in [4.78, 5) is 13.6. The Bertz CT molecular complexity index is 690. The lowest BCUT2D eigenvalue weighted by Crippen LogP contribution is -2.34. The van der Waals surface area contributed by atoms with Crippen LogP contribution in [0.3, 0.4) is 0 Å². The van der Waals surface area contributed by atoms with Crippen LogP contribution in [-0.4, -0.2) is 17.9 Å². The van der Waals surface area contributed by atoms with Crippen LogP contribution in [0.2, 0.25) is 0 Å². The number of benzene rings is 1. The van der Waals surface area contributed by atoms with Gasteiger partial charge in [0.1, 0.15) is 17.9 Å². The topological polar surface area (TPSA) is 83.3 Å². The van der Waals surface area contributed by atoms with Crippen molar-refractivity contribution in [2.24, 2.45) is 5.73 Å². The highest BCUT2D eigenvalue weighted by Gasteiger charge is 2.24. The largest absolute Gasteiger partial charge is 0.449 e. The maximum Gasteiger partial charge on any atom is 0.239 e. The number of hydrogen-bond donors (Lipinski definition) is 1. The van der Waals surface area contributed by atoms with Crippen LogP contribution in [0, 0.1) is 11.3 Å². The number of primary amides is 1. The van der Waals surface area contributed by atoms with Gasteiger partial charge in [0.15, 0.2) is 0 Å². The summed E-state index contributed by atoms with van der Waals surface area (Å²) in [5.41, 5.74) is 6.32. The van der Waals surface area contributed by atoms with Crippen molar-refractivity contribution >= 4 is 21.8 Å². The highest BCUT2D eigenvalue weighted by molar-refractivity contribution is 9.10. The lowest BCUT2D eigenvalue weighted by molar-refractivity contribution is -0.123. The number of furan rings is 1. The quantitative estimate of drug-likeness (QED) is 0.900. The maximum atomic E-state index is 11.8. The summed E-state index contributed by atoms with van der Waals surface area (Å²) in [6, 6.07) is 12.1. The van der Waals surface area contributed by atoms with Gasteiger partial charge in [-0.3, -0.25) is 9.69 Å². The average Bonchev–Trinajstić information content (AvgIpc) is 2.86. The van der Waals surface area contributed by atoms with Gasteiger partial charge in [0.25, 0.3) is 0 Å². The summed E-state index contributed by atoms with van der Waals surface area (Å²) >= 11 is 3.38. The number of rotatable bonds is 5. The second-order valence-corrected chi connectivity index (χ2v) is 5.57. The van der Waals surface area contributed by atoms with Gasteiger partial charge in [-0.2, -0.15) is 5.26 Å². The van der Waals surface area contributed by atoms with Gasteiger partial charge in [0.05, 0.1) is 6.54 Å². The van der Waals surface area contributed by atoms with Gasteiger partial charge < -0.3 is 10.2 Å². The first-order chi connectivity index (χ1) is 10.0. The second kappa shape index (κ2) is 6.57. The number of hydrogen-bond acceptors (Lipinski definition) is 4. The van der Waals surface area contributed by atoms with E-state index in [1.54, 1.807) is 24.1 Å². The highest BCUT2D eigenvalue weighted by Crippen LogP contribution is 2.24. The molecule has 2 aromatic rings.